The van der Waals surface area contributed by atoms with Crippen LogP contribution in [0.25, 0.3) is 0 Å². The van der Waals surface area contributed by atoms with Crippen molar-refractivity contribution in [2.75, 3.05) is 32.8 Å². The molecule has 1 N–H and O–H groups in total. The van der Waals surface area contributed by atoms with Gasteiger partial charge in [0.15, 0.2) is 0 Å². The maximum atomic E-state index is 5.70. The molecule has 1 saturated heterocycles. The summed E-state index contributed by atoms with van der Waals surface area (Å²) in [5, 5.41) is 3.55. The average Bonchev–Trinajstić information content (AvgIpc) is 2.36. The van der Waals surface area contributed by atoms with Crippen LogP contribution in [0.1, 0.15) is 46.5 Å². The Morgan fingerprint density at radius 2 is 1.94 bits per heavy atom. The molecule has 1 aliphatic rings. The van der Waals surface area contributed by atoms with E-state index in [9.17, 15) is 0 Å². The monoisotopic (exact) mass is 242 g/mol. The fourth-order valence-corrected chi connectivity index (χ4v) is 2.62. The third kappa shape index (κ3) is 5.36. The fourth-order valence-electron chi connectivity index (χ4n) is 2.62. The minimum absolute atomic E-state index is 0.511. The van der Waals surface area contributed by atoms with E-state index in [-0.39, 0.29) is 0 Å². The van der Waals surface area contributed by atoms with E-state index < -0.39 is 0 Å². The molecule has 1 fully saturated rings. The first-order valence-corrected chi connectivity index (χ1v) is 7.38. The van der Waals surface area contributed by atoms with Crippen molar-refractivity contribution in [2.24, 2.45) is 0 Å². The Labute approximate surface area is 107 Å². The van der Waals surface area contributed by atoms with E-state index in [1.165, 1.54) is 38.8 Å². The molecule has 102 valence electrons. The standard InChI is InChI=1S/C14H30N2O/c1-4-9-15-12-13(5-2)16-10-7-14(8-11-16)17-6-3/h13-15H,4-12H2,1-3H3. The molecule has 1 aliphatic heterocycles. The van der Waals surface area contributed by atoms with E-state index in [0.717, 1.165) is 19.7 Å². The first kappa shape index (κ1) is 14.9. The molecule has 17 heavy (non-hydrogen) atoms. The summed E-state index contributed by atoms with van der Waals surface area (Å²) in [5.41, 5.74) is 0. The van der Waals surface area contributed by atoms with Crippen molar-refractivity contribution in [3.05, 3.63) is 0 Å². The zero-order valence-electron chi connectivity index (χ0n) is 11.9. The molecule has 0 amide bonds. The molecule has 0 aromatic heterocycles. The summed E-state index contributed by atoms with van der Waals surface area (Å²) in [6, 6.07) is 0.712. The Kier molecular flexibility index (Phi) is 7.82. The van der Waals surface area contributed by atoms with Gasteiger partial charge in [-0.1, -0.05) is 13.8 Å². The van der Waals surface area contributed by atoms with Gasteiger partial charge in [-0.05, 0) is 39.2 Å². The lowest BCUT2D eigenvalue weighted by molar-refractivity contribution is 0.00360. The first-order chi connectivity index (χ1) is 8.31. The van der Waals surface area contributed by atoms with Crippen LogP contribution in [-0.4, -0.2) is 49.8 Å². The number of nitrogens with zero attached hydrogens (tertiary/aromatic N) is 1. The topological polar surface area (TPSA) is 24.5 Å². The lowest BCUT2D eigenvalue weighted by atomic mass is 10.0. The van der Waals surface area contributed by atoms with Crippen LogP contribution in [0.3, 0.4) is 0 Å². The Bertz CT molecular complexity index is 179. The SMILES string of the molecule is CCCNCC(CC)N1CCC(OCC)CC1. The maximum absolute atomic E-state index is 5.70. The second kappa shape index (κ2) is 8.90. The number of ether oxygens (including phenoxy) is 1. The van der Waals surface area contributed by atoms with Gasteiger partial charge in [-0.15, -0.1) is 0 Å². The molecule has 0 bridgehead atoms. The van der Waals surface area contributed by atoms with Crippen molar-refractivity contribution in [3.8, 4) is 0 Å². The van der Waals surface area contributed by atoms with E-state index in [2.05, 4.69) is 31.0 Å². The van der Waals surface area contributed by atoms with Crippen LogP contribution in [-0.2, 0) is 4.74 Å². The largest absolute Gasteiger partial charge is 0.378 e. The van der Waals surface area contributed by atoms with Gasteiger partial charge >= 0.3 is 0 Å². The highest BCUT2D eigenvalue weighted by Crippen LogP contribution is 2.17. The number of rotatable bonds is 8. The Balaban J connectivity index is 2.24. The van der Waals surface area contributed by atoms with Crippen LogP contribution in [0, 0.1) is 0 Å². The summed E-state index contributed by atoms with van der Waals surface area (Å²) in [7, 11) is 0. The Morgan fingerprint density at radius 3 is 2.47 bits per heavy atom. The van der Waals surface area contributed by atoms with Gasteiger partial charge < -0.3 is 10.1 Å². The van der Waals surface area contributed by atoms with Crippen LogP contribution in [0.4, 0.5) is 0 Å². The quantitative estimate of drug-likeness (QED) is 0.661. The average molecular weight is 242 g/mol. The predicted octanol–water partition coefficient (Wildman–Crippen LogP) is 2.27. The number of hydrogen-bond acceptors (Lipinski definition) is 3. The van der Waals surface area contributed by atoms with Gasteiger partial charge in [0, 0.05) is 32.3 Å². The third-order valence-corrected chi connectivity index (χ3v) is 3.67. The summed E-state index contributed by atoms with van der Waals surface area (Å²) in [4.78, 5) is 2.64. The molecule has 3 heteroatoms. The van der Waals surface area contributed by atoms with Gasteiger partial charge in [0.2, 0.25) is 0 Å². The Morgan fingerprint density at radius 1 is 1.24 bits per heavy atom. The number of piperidine rings is 1. The molecule has 1 unspecified atom stereocenters. The minimum atomic E-state index is 0.511. The van der Waals surface area contributed by atoms with Crippen LogP contribution < -0.4 is 5.32 Å². The summed E-state index contributed by atoms with van der Waals surface area (Å²) in [6.45, 7) is 12.2. The van der Waals surface area contributed by atoms with Crippen molar-refractivity contribution >= 4 is 0 Å². The molecule has 0 aliphatic carbocycles. The van der Waals surface area contributed by atoms with Crippen LogP contribution in [0.2, 0.25) is 0 Å². The second-order valence-corrected chi connectivity index (χ2v) is 4.96. The fraction of sp³-hybridized carbons (Fsp3) is 1.00. The molecule has 0 saturated carbocycles. The van der Waals surface area contributed by atoms with E-state index in [0.29, 0.717) is 12.1 Å². The second-order valence-electron chi connectivity index (χ2n) is 4.96. The predicted molar refractivity (Wildman–Crippen MR) is 73.5 cm³/mol. The molecule has 0 spiro atoms. The number of nitrogens with one attached hydrogen (secondary N) is 1. The van der Waals surface area contributed by atoms with Crippen molar-refractivity contribution in [2.45, 2.75) is 58.6 Å². The molecular weight excluding hydrogens is 212 g/mol. The van der Waals surface area contributed by atoms with E-state index in [1.54, 1.807) is 0 Å². The summed E-state index contributed by atoms with van der Waals surface area (Å²) >= 11 is 0. The molecule has 1 atom stereocenters. The smallest absolute Gasteiger partial charge is 0.0599 e. The highest BCUT2D eigenvalue weighted by atomic mass is 16.5. The molecule has 0 radical (unpaired) electrons. The van der Waals surface area contributed by atoms with Crippen LogP contribution in [0.15, 0.2) is 0 Å². The van der Waals surface area contributed by atoms with Gasteiger partial charge in [0.05, 0.1) is 6.10 Å². The molecule has 1 rings (SSSR count). The Hall–Kier alpha value is -0.120. The van der Waals surface area contributed by atoms with E-state index >= 15 is 0 Å². The first-order valence-electron chi connectivity index (χ1n) is 7.38. The molecule has 1 heterocycles. The van der Waals surface area contributed by atoms with Crippen LogP contribution >= 0.6 is 0 Å². The molecule has 0 aromatic rings. The van der Waals surface area contributed by atoms with Gasteiger partial charge in [-0.2, -0.15) is 0 Å². The van der Waals surface area contributed by atoms with Crippen molar-refractivity contribution < 1.29 is 4.74 Å². The molecular formula is C14H30N2O. The minimum Gasteiger partial charge on any atom is -0.378 e. The van der Waals surface area contributed by atoms with Crippen molar-refractivity contribution in [1.29, 1.82) is 0 Å². The van der Waals surface area contributed by atoms with Gasteiger partial charge in [-0.3, -0.25) is 4.90 Å². The third-order valence-electron chi connectivity index (χ3n) is 3.67. The molecule has 3 nitrogen and oxygen atoms in total. The zero-order valence-corrected chi connectivity index (χ0v) is 11.9. The highest BCUT2D eigenvalue weighted by Gasteiger charge is 2.23. The summed E-state index contributed by atoms with van der Waals surface area (Å²) in [5.74, 6) is 0. The highest BCUT2D eigenvalue weighted by molar-refractivity contribution is 4.79. The van der Waals surface area contributed by atoms with Crippen LogP contribution in [0.5, 0.6) is 0 Å². The van der Waals surface area contributed by atoms with Gasteiger partial charge in [0.25, 0.3) is 0 Å². The lowest BCUT2D eigenvalue weighted by Crippen LogP contribution is -2.47. The van der Waals surface area contributed by atoms with E-state index in [4.69, 9.17) is 4.74 Å². The van der Waals surface area contributed by atoms with Crippen molar-refractivity contribution in [3.63, 3.8) is 0 Å². The normalized spacial score (nSPS) is 20.6. The summed E-state index contributed by atoms with van der Waals surface area (Å²) in [6.07, 6.45) is 5.40. The van der Waals surface area contributed by atoms with Crippen molar-refractivity contribution in [1.82, 2.24) is 10.2 Å². The lowest BCUT2D eigenvalue weighted by Gasteiger charge is -2.37. The zero-order chi connectivity index (χ0) is 12.5. The molecule has 0 aromatic carbocycles. The van der Waals surface area contributed by atoms with Gasteiger partial charge in [0.1, 0.15) is 0 Å². The number of hydrogen-bond donors (Lipinski definition) is 1. The van der Waals surface area contributed by atoms with Gasteiger partial charge in [-0.25, -0.2) is 0 Å². The number of likely N-dealkylation sites (tertiary alicyclic amines) is 1. The summed E-state index contributed by atoms with van der Waals surface area (Å²) < 4.78 is 5.70. The van der Waals surface area contributed by atoms with E-state index in [1.807, 2.05) is 0 Å². The maximum Gasteiger partial charge on any atom is 0.0599 e.